The van der Waals surface area contributed by atoms with E-state index in [0.717, 1.165) is 29.3 Å². The summed E-state index contributed by atoms with van der Waals surface area (Å²) >= 11 is 0. The summed E-state index contributed by atoms with van der Waals surface area (Å²) in [5.74, 6) is -1.95. The Hall–Kier alpha value is -4.03. The monoisotopic (exact) mass is 609 g/mol. The quantitative estimate of drug-likeness (QED) is 0.416. The minimum absolute atomic E-state index is 0.0486. The summed E-state index contributed by atoms with van der Waals surface area (Å²) in [4.78, 5) is 39.5. The van der Waals surface area contributed by atoms with Gasteiger partial charge in [-0.25, -0.2) is 9.18 Å². The average molecular weight is 610 g/mol. The Morgan fingerprint density at radius 3 is 2.55 bits per heavy atom. The Morgan fingerprint density at radius 2 is 1.84 bits per heavy atom. The molecule has 2 saturated heterocycles. The molecule has 2 aliphatic heterocycles. The third-order valence-electron chi connectivity index (χ3n) is 7.83. The van der Waals surface area contributed by atoms with Crippen molar-refractivity contribution in [1.82, 2.24) is 20.0 Å². The van der Waals surface area contributed by atoms with Crippen LogP contribution in [0.4, 0.5) is 9.18 Å². The van der Waals surface area contributed by atoms with Gasteiger partial charge in [-0.05, 0) is 68.9 Å². The number of rotatable bonds is 7. The van der Waals surface area contributed by atoms with Crippen LogP contribution in [0, 0.1) is 5.82 Å². The highest BCUT2D eigenvalue weighted by molar-refractivity contribution is 5.89. The molecule has 2 fully saturated rings. The Balaban J connectivity index is 1.27. The number of carbonyl (C=O) groups excluding carboxylic acids is 3. The van der Waals surface area contributed by atoms with Crippen LogP contribution < -0.4 is 11.1 Å². The van der Waals surface area contributed by atoms with Gasteiger partial charge in [0, 0.05) is 38.2 Å². The highest BCUT2D eigenvalue weighted by Crippen LogP contribution is 2.30. The minimum Gasteiger partial charge on any atom is -0.444 e. The number of amides is 3. The fraction of sp³-hybridized carbons (Fsp3) is 0.500. The second kappa shape index (κ2) is 13.3. The van der Waals surface area contributed by atoms with E-state index in [1.807, 2.05) is 29.1 Å². The maximum atomic E-state index is 15.4. The van der Waals surface area contributed by atoms with E-state index < -0.39 is 41.5 Å². The molecule has 0 bridgehead atoms. The van der Waals surface area contributed by atoms with Crippen molar-refractivity contribution in [2.24, 2.45) is 5.73 Å². The molecule has 2 aromatic carbocycles. The number of aromatic nitrogens is 2. The predicted molar refractivity (Wildman–Crippen MR) is 161 cm³/mol. The molecule has 11 nitrogen and oxygen atoms in total. The van der Waals surface area contributed by atoms with Gasteiger partial charge in [-0.1, -0.05) is 24.3 Å². The zero-order chi connectivity index (χ0) is 31.4. The van der Waals surface area contributed by atoms with Crippen LogP contribution in [-0.2, 0) is 30.2 Å². The Morgan fingerprint density at radius 1 is 1.11 bits per heavy atom. The maximum absolute atomic E-state index is 15.4. The molecule has 0 unspecified atom stereocenters. The first kappa shape index (κ1) is 31.4. The Labute approximate surface area is 255 Å². The van der Waals surface area contributed by atoms with Gasteiger partial charge in [-0.3, -0.25) is 14.3 Å². The first-order valence-corrected chi connectivity index (χ1v) is 15.0. The Bertz CT molecular complexity index is 1510. The zero-order valence-corrected chi connectivity index (χ0v) is 25.4. The number of nitrogens with one attached hydrogen (secondary N) is 1. The van der Waals surface area contributed by atoms with Crippen LogP contribution >= 0.6 is 0 Å². The molecular formula is C32H40FN5O6. The first-order valence-electron chi connectivity index (χ1n) is 15.0. The van der Waals surface area contributed by atoms with Gasteiger partial charge in [0.2, 0.25) is 5.91 Å². The summed E-state index contributed by atoms with van der Waals surface area (Å²) in [5, 5.41) is 8.20. The number of benzene rings is 2. The van der Waals surface area contributed by atoms with Gasteiger partial charge in [0.25, 0.3) is 5.91 Å². The van der Waals surface area contributed by atoms with E-state index in [-0.39, 0.29) is 31.2 Å². The molecule has 3 amide bonds. The molecule has 236 valence electrons. The van der Waals surface area contributed by atoms with Gasteiger partial charge in [0.05, 0.1) is 24.3 Å². The summed E-state index contributed by atoms with van der Waals surface area (Å²) in [6.07, 6.45) is 2.39. The molecule has 2 aliphatic rings. The molecular weight excluding hydrogens is 569 g/mol. The number of halogens is 1. The van der Waals surface area contributed by atoms with Crippen LogP contribution in [0.5, 0.6) is 0 Å². The van der Waals surface area contributed by atoms with Crippen molar-refractivity contribution in [2.45, 2.75) is 70.2 Å². The van der Waals surface area contributed by atoms with E-state index in [0.29, 0.717) is 31.7 Å². The van der Waals surface area contributed by atoms with Crippen molar-refractivity contribution in [3.8, 4) is 11.1 Å². The molecule has 3 heterocycles. The molecule has 3 N–H and O–H groups in total. The largest absolute Gasteiger partial charge is 0.444 e. The molecule has 12 heteroatoms. The number of carbonyl (C=O) groups is 3. The number of nitrogens with two attached hydrogens (primary N) is 1. The maximum Gasteiger partial charge on any atom is 0.410 e. The van der Waals surface area contributed by atoms with Crippen molar-refractivity contribution in [3.05, 3.63) is 54.0 Å². The van der Waals surface area contributed by atoms with E-state index in [9.17, 15) is 14.4 Å². The fourth-order valence-electron chi connectivity index (χ4n) is 5.51. The second-order valence-corrected chi connectivity index (χ2v) is 12.3. The Kier molecular flexibility index (Phi) is 9.50. The van der Waals surface area contributed by atoms with Crippen LogP contribution in [-0.4, -0.2) is 83.2 Å². The van der Waals surface area contributed by atoms with E-state index >= 15 is 4.39 Å². The molecule has 44 heavy (non-hydrogen) atoms. The SMILES string of the molecule is CC(C)(C)OC(=O)N1CCCO[C@H](C(=O)N[C@@H](Cc2ccc(-c3ccc4cnn(C5CCOCC5)c4c3)cc2F)C(N)=O)C1. The highest BCUT2D eigenvalue weighted by Gasteiger charge is 2.32. The lowest BCUT2D eigenvalue weighted by molar-refractivity contribution is -0.136. The minimum atomic E-state index is -1.19. The zero-order valence-electron chi connectivity index (χ0n) is 25.4. The molecule has 5 rings (SSSR count). The molecule has 2 atom stereocenters. The summed E-state index contributed by atoms with van der Waals surface area (Å²) in [7, 11) is 0. The van der Waals surface area contributed by atoms with Crippen LogP contribution in [0.1, 0.15) is 51.6 Å². The van der Waals surface area contributed by atoms with Crippen LogP contribution in [0.3, 0.4) is 0 Å². The first-order chi connectivity index (χ1) is 21.0. The number of hydrogen-bond donors (Lipinski definition) is 2. The lowest BCUT2D eigenvalue weighted by Gasteiger charge is -2.28. The number of nitrogens with zero attached hydrogens (tertiary/aromatic N) is 3. The molecule has 0 spiro atoms. The third kappa shape index (κ3) is 7.54. The number of fused-ring (bicyclic) bond motifs is 1. The summed E-state index contributed by atoms with van der Waals surface area (Å²) in [6, 6.07) is 9.75. The molecule has 3 aromatic rings. The van der Waals surface area contributed by atoms with Crippen molar-refractivity contribution >= 4 is 28.8 Å². The van der Waals surface area contributed by atoms with Gasteiger partial charge in [-0.15, -0.1) is 0 Å². The highest BCUT2D eigenvalue weighted by atomic mass is 19.1. The van der Waals surface area contributed by atoms with Crippen LogP contribution in [0.25, 0.3) is 22.0 Å². The standard InChI is InChI=1S/C32H40FN5O6/c1-32(2,3)44-31(41)37-11-4-12-43-28(19-37)30(40)36-26(29(34)39)16-22-7-5-20(15-25(22)33)21-6-8-23-18-35-38(27(23)17-21)24-9-13-42-14-10-24/h5-8,15,17-18,24,26,28H,4,9-14,16,19H2,1-3H3,(H2,34,39)(H,36,40)/t26-,28-/m0/s1. The van der Waals surface area contributed by atoms with Gasteiger partial charge in [0.1, 0.15) is 17.5 Å². The van der Waals surface area contributed by atoms with E-state index in [2.05, 4.69) is 10.4 Å². The molecule has 0 aliphatic carbocycles. The van der Waals surface area contributed by atoms with E-state index in [4.69, 9.17) is 19.9 Å². The number of hydrogen-bond acceptors (Lipinski definition) is 7. The average Bonchev–Trinajstić information content (AvgIpc) is 3.24. The smallest absolute Gasteiger partial charge is 0.410 e. The third-order valence-corrected chi connectivity index (χ3v) is 7.83. The topological polar surface area (TPSA) is 138 Å². The van der Waals surface area contributed by atoms with Crippen molar-refractivity contribution in [3.63, 3.8) is 0 Å². The molecule has 1 aromatic heterocycles. The number of ether oxygens (including phenoxy) is 3. The van der Waals surface area contributed by atoms with E-state index in [1.54, 1.807) is 32.9 Å². The summed E-state index contributed by atoms with van der Waals surface area (Å²) < 4.78 is 34.0. The summed E-state index contributed by atoms with van der Waals surface area (Å²) in [6.45, 7) is 7.23. The lowest BCUT2D eigenvalue weighted by Crippen LogP contribution is -2.52. The van der Waals surface area contributed by atoms with Crippen molar-refractivity contribution in [1.29, 1.82) is 0 Å². The summed E-state index contributed by atoms with van der Waals surface area (Å²) in [5.41, 5.74) is 7.61. The second-order valence-electron chi connectivity index (χ2n) is 12.3. The van der Waals surface area contributed by atoms with Gasteiger partial charge < -0.3 is 30.2 Å². The van der Waals surface area contributed by atoms with Crippen LogP contribution in [0.15, 0.2) is 42.6 Å². The van der Waals surface area contributed by atoms with Crippen LogP contribution in [0.2, 0.25) is 0 Å². The normalized spacial score (nSPS) is 18.9. The number of primary amides is 1. The molecule has 0 radical (unpaired) electrons. The van der Waals surface area contributed by atoms with Gasteiger partial charge in [-0.2, -0.15) is 5.10 Å². The fourth-order valence-corrected chi connectivity index (χ4v) is 5.51. The van der Waals surface area contributed by atoms with Crippen molar-refractivity contribution < 1.29 is 33.0 Å². The lowest BCUT2D eigenvalue weighted by atomic mass is 9.98. The molecule has 0 saturated carbocycles. The van der Waals surface area contributed by atoms with Crippen molar-refractivity contribution in [2.75, 3.05) is 32.9 Å². The van der Waals surface area contributed by atoms with Gasteiger partial charge in [0.15, 0.2) is 6.10 Å². The van der Waals surface area contributed by atoms with Gasteiger partial charge >= 0.3 is 6.09 Å². The van der Waals surface area contributed by atoms with E-state index in [1.165, 1.54) is 11.0 Å². The predicted octanol–water partition coefficient (Wildman–Crippen LogP) is 3.73.